The molecule has 0 spiro atoms. The van der Waals surface area contributed by atoms with Gasteiger partial charge in [-0.25, -0.2) is 9.59 Å². The number of amides is 1. The molecular formula is C37H47NO11. The van der Waals surface area contributed by atoms with E-state index in [-0.39, 0.29) is 55.6 Å². The Balaban J connectivity index is 1.67. The average molecular weight is 682 g/mol. The van der Waals surface area contributed by atoms with E-state index in [1.807, 2.05) is 45.1 Å². The highest BCUT2D eigenvalue weighted by Crippen LogP contribution is 2.37. The van der Waals surface area contributed by atoms with E-state index < -0.39 is 42.1 Å². The molecule has 5 unspecified atom stereocenters. The highest BCUT2D eigenvalue weighted by Gasteiger charge is 2.44. The van der Waals surface area contributed by atoms with Crippen LogP contribution in [0.3, 0.4) is 0 Å². The van der Waals surface area contributed by atoms with Crippen LogP contribution in [0.1, 0.15) is 67.3 Å². The fourth-order valence-corrected chi connectivity index (χ4v) is 5.43. The maximum Gasteiger partial charge on any atom is 0.342 e. The number of carbonyl (C=O) groups excluding carboxylic acids is 3. The van der Waals surface area contributed by atoms with Crippen molar-refractivity contribution in [3.63, 3.8) is 0 Å². The van der Waals surface area contributed by atoms with Gasteiger partial charge in [-0.15, -0.1) is 0 Å². The van der Waals surface area contributed by atoms with Gasteiger partial charge in [-0.3, -0.25) is 4.79 Å². The van der Waals surface area contributed by atoms with Gasteiger partial charge in [-0.1, -0.05) is 49.4 Å². The van der Waals surface area contributed by atoms with Crippen LogP contribution in [0.15, 0.2) is 60.7 Å². The number of nitrogens with one attached hydrogen (secondary N) is 1. The molecular weight excluding hydrogens is 634 g/mol. The fourth-order valence-electron chi connectivity index (χ4n) is 5.43. The van der Waals surface area contributed by atoms with Crippen LogP contribution in [0.25, 0.3) is 6.08 Å². The number of aliphatic hydroxyl groups excluding tert-OH is 1. The first-order chi connectivity index (χ1) is 23.4. The molecule has 0 saturated carbocycles. The lowest BCUT2D eigenvalue weighted by molar-refractivity contribution is -0.149. The number of methoxy groups -OCH3 is 1. The van der Waals surface area contributed by atoms with Gasteiger partial charge in [0.05, 0.1) is 17.8 Å². The van der Waals surface area contributed by atoms with E-state index in [0.717, 1.165) is 0 Å². The Morgan fingerprint density at radius 1 is 1.08 bits per heavy atom. The van der Waals surface area contributed by atoms with E-state index in [1.165, 1.54) is 20.1 Å². The van der Waals surface area contributed by atoms with Crippen LogP contribution in [-0.2, 0) is 28.5 Å². The molecule has 4 rings (SSSR count). The average Bonchev–Trinajstić information content (AvgIpc) is 3.38. The molecule has 1 amide bonds. The zero-order chi connectivity index (χ0) is 35.6. The van der Waals surface area contributed by atoms with E-state index in [9.17, 15) is 19.5 Å². The van der Waals surface area contributed by atoms with Crippen LogP contribution < -0.4 is 14.8 Å². The van der Waals surface area contributed by atoms with Crippen LogP contribution >= 0.6 is 0 Å². The van der Waals surface area contributed by atoms with Gasteiger partial charge in [0.2, 0.25) is 5.91 Å². The van der Waals surface area contributed by atoms with Crippen molar-refractivity contribution in [2.24, 2.45) is 11.8 Å². The molecule has 2 aromatic carbocycles. The number of fused-ring (bicyclic) bond motifs is 2. The molecule has 12 nitrogen and oxygen atoms in total. The number of rotatable bonds is 11. The molecule has 2 heterocycles. The minimum Gasteiger partial charge on any atom is -0.491 e. The summed E-state index contributed by atoms with van der Waals surface area (Å²) in [6.45, 7) is 8.54. The third-order valence-electron chi connectivity index (χ3n) is 8.09. The lowest BCUT2D eigenvalue weighted by Crippen LogP contribution is -2.34. The van der Waals surface area contributed by atoms with Gasteiger partial charge in [0, 0.05) is 38.5 Å². The molecule has 1 saturated heterocycles. The lowest BCUT2D eigenvalue weighted by atomic mass is 9.93. The molecule has 49 heavy (non-hydrogen) atoms. The highest BCUT2D eigenvalue weighted by molar-refractivity contribution is 5.97. The molecule has 0 radical (unpaired) electrons. The van der Waals surface area contributed by atoms with Gasteiger partial charge in [0.15, 0.2) is 12.6 Å². The van der Waals surface area contributed by atoms with E-state index in [0.29, 0.717) is 23.3 Å². The summed E-state index contributed by atoms with van der Waals surface area (Å²) >= 11 is 0. The highest BCUT2D eigenvalue weighted by atomic mass is 16.8. The molecule has 12 heteroatoms. The van der Waals surface area contributed by atoms with Gasteiger partial charge in [0.1, 0.15) is 42.5 Å². The SMILES string of the molecule is COCOc1cc(OCC(O)CNC(C)=O)cc2c1C(=O)OC(C)[C@H](C)/C=C\C(COC(=O)c1ccccc1)C1OC(C)(C)OC1CC=C2. The Labute approximate surface area is 287 Å². The zero-order valence-electron chi connectivity index (χ0n) is 28.9. The molecule has 2 N–H and O–H groups in total. The van der Waals surface area contributed by atoms with Crippen molar-refractivity contribution in [1.82, 2.24) is 5.32 Å². The van der Waals surface area contributed by atoms with Crippen LogP contribution in [-0.4, -0.2) is 86.8 Å². The van der Waals surface area contributed by atoms with Crippen molar-refractivity contribution >= 4 is 23.9 Å². The molecule has 0 aromatic heterocycles. The van der Waals surface area contributed by atoms with E-state index >= 15 is 0 Å². The zero-order valence-corrected chi connectivity index (χ0v) is 28.9. The number of cyclic esters (lactones) is 1. The third-order valence-corrected chi connectivity index (χ3v) is 8.09. The molecule has 2 aliphatic rings. The van der Waals surface area contributed by atoms with Crippen LogP contribution in [0.5, 0.6) is 11.5 Å². The van der Waals surface area contributed by atoms with Crippen LogP contribution in [0.2, 0.25) is 0 Å². The number of hydrogen-bond acceptors (Lipinski definition) is 11. The van der Waals surface area contributed by atoms with E-state index in [1.54, 1.807) is 43.3 Å². The van der Waals surface area contributed by atoms with Crippen molar-refractivity contribution in [3.05, 3.63) is 77.4 Å². The van der Waals surface area contributed by atoms with Gasteiger partial charge in [-0.05, 0) is 51.0 Å². The molecule has 0 bridgehead atoms. The molecule has 0 aliphatic carbocycles. The Morgan fingerprint density at radius 3 is 2.55 bits per heavy atom. The minimum atomic E-state index is -0.975. The van der Waals surface area contributed by atoms with Crippen molar-refractivity contribution in [2.45, 2.75) is 71.2 Å². The predicted octanol–water partition coefficient (Wildman–Crippen LogP) is 4.69. The standard InChI is InChI=1S/C37H47NO11/c1-23-15-16-28(20-45-35(41)26-11-8-7-9-12-26)34-31(48-37(4,5)49-34)14-10-13-27-17-30(44-21-29(40)19-38-25(3)39)18-32(46-22-43-6)33(27)36(42)47-24(23)2/h7-13,15-18,23-24,28-29,31,34,40H,14,19-22H2,1-6H3,(H,38,39)/b13-10?,16-15-/t23-,24?,28?,29?,31?,34?/m1/s1. The summed E-state index contributed by atoms with van der Waals surface area (Å²) in [7, 11) is 1.46. The molecule has 2 aliphatic heterocycles. The topological polar surface area (TPSA) is 148 Å². The molecule has 1 fully saturated rings. The Bertz CT molecular complexity index is 1490. The maximum atomic E-state index is 13.8. The second kappa shape index (κ2) is 17.4. The maximum absolute atomic E-state index is 13.8. The van der Waals surface area contributed by atoms with Gasteiger partial charge < -0.3 is 43.6 Å². The van der Waals surface area contributed by atoms with Crippen molar-refractivity contribution < 1.29 is 52.6 Å². The summed E-state index contributed by atoms with van der Waals surface area (Å²) in [6.07, 6.45) is 5.45. The smallest absolute Gasteiger partial charge is 0.342 e. The van der Waals surface area contributed by atoms with Crippen LogP contribution in [0, 0.1) is 11.8 Å². The number of ether oxygens (including phenoxy) is 7. The summed E-state index contributed by atoms with van der Waals surface area (Å²) in [5.74, 6) is -2.35. The largest absolute Gasteiger partial charge is 0.491 e. The summed E-state index contributed by atoms with van der Waals surface area (Å²) in [4.78, 5) is 37.9. The number of hydrogen-bond donors (Lipinski definition) is 2. The summed E-state index contributed by atoms with van der Waals surface area (Å²) in [5.41, 5.74) is 1.06. The van der Waals surface area contributed by atoms with Crippen molar-refractivity contribution in [3.8, 4) is 11.5 Å². The monoisotopic (exact) mass is 681 g/mol. The van der Waals surface area contributed by atoms with E-state index in [2.05, 4.69) is 5.32 Å². The third kappa shape index (κ3) is 10.9. The number of esters is 2. The van der Waals surface area contributed by atoms with Crippen LogP contribution in [0.4, 0.5) is 0 Å². The summed E-state index contributed by atoms with van der Waals surface area (Å²) < 4.78 is 41.2. The van der Waals surface area contributed by atoms with E-state index in [4.69, 9.17) is 33.2 Å². The number of aliphatic hydroxyl groups is 1. The van der Waals surface area contributed by atoms with Gasteiger partial charge in [0.25, 0.3) is 0 Å². The first-order valence-corrected chi connectivity index (χ1v) is 16.4. The Kier molecular flexibility index (Phi) is 13.4. The Morgan fingerprint density at radius 2 is 1.84 bits per heavy atom. The van der Waals surface area contributed by atoms with Gasteiger partial charge >= 0.3 is 11.9 Å². The van der Waals surface area contributed by atoms with Gasteiger partial charge in [-0.2, -0.15) is 0 Å². The first-order valence-electron chi connectivity index (χ1n) is 16.4. The normalized spacial score (nSPS) is 24.7. The predicted molar refractivity (Wildman–Crippen MR) is 180 cm³/mol. The minimum absolute atomic E-state index is 0.0114. The second-order valence-electron chi connectivity index (χ2n) is 12.6. The Hall–Kier alpha value is -4.23. The summed E-state index contributed by atoms with van der Waals surface area (Å²) in [5, 5.41) is 12.8. The molecule has 6 atom stereocenters. The fraction of sp³-hybridized carbons (Fsp3) is 0.486. The van der Waals surface area contributed by atoms with Crippen molar-refractivity contribution in [1.29, 1.82) is 0 Å². The molecule has 266 valence electrons. The lowest BCUT2D eigenvalue weighted by Gasteiger charge is -2.25. The summed E-state index contributed by atoms with van der Waals surface area (Å²) in [6, 6.07) is 12.0. The number of carbonyl (C=O) groups is 3. The molecule has 2 aromatic rings. The van der Waals surface area contributed by atoms with Crippen molar-refractivity contribution in [2.75, 3.05) is 33.7 Å². The first kappa shape index (κ1) is 37.6. The second-order valence-corrected chi connectivity index (χ2v) is 12.6. The number of benzene rings is 2. The quantitative estimate of drug-likeness (QED) is 0.193.